The van der Waals surface area contributed by atoms with Crippen molar-refractivity contribution in [3.8, 4) is 0 Å². The Bertz CT molecular complexity index is 993. The molecule has 0 saturated carbocycles. The normalized spacial score (nSPS) is 10.6. The minimum Gasteiger partial charge on any atom is -0.328 e. The van der Waals surface area contributed by atoms with Crippen LogP contribution in [0.25, 0.3) is 0 Å². The van der Waals surface area contributed by atoms with E-state index in [1.54, 1.807) is 29.2 Å². The molecule has 0 aliphatic rings. The fraction of sp³-hybridized carbons (Fsp3) is 0.143. The molecule has 5 heteroatoms. The molecule has 0 atom stereocenters. The summed E-state index contributed by atoms with van der Waals surface area (Å²) in [5.74, 6) is -0.337. The maximum absolute atomic E-state index is 13.2. The van der Waals surface area contributed by atoms with Crippen molar-refractivity contribution in [1.82, 2.24) is 4.98 Å². The highest BCUT2D eigenvalue weighted by Gasteiger charge is 2.22. The van der Waals surface area contributed by atoms with E-state index in [1.807, 2.05) is 44.2 Å². The number of nitrogens with one attached hydrogen (secondary N) is 1. The van der Waals surface area contributed by atoms with Crippen molar-refractivity contribution in [3.05, 3.63) is 98.4 Å². The van der Waals surface area contributed by atoms with Crippen LogP contribution in [0, 0.1) is 13.8 Å². The van der Waals surface area contributed by atoms with Gasteiger partial charge in [-0.25, -0.2) is 0 Å². The van der Waals surface area contributed by atoms with Gasteiger partial charge in [0.05, 0.1) is 6.54 Å². The molecule has 0 spiro atoms. The second-order valence-electron chi connectivity index (χ2n) is 6.22. The molecule has 1 heterocycles. The lowest BCUT2D eigenvalue weighted by Crippen LogP contribution is -2.34. The number of halogens is 1. The van der Waals surface area contributed by atoms with Crippen molar-refractivity contribution in [2.75, 3.05) is 4.90 Å². The monoisotopic (exact) mass is 366 g/mol. The predicted octanol–water partition coefficient (Wildman–Crippen LogP) is 4.49. The Balaban J connectivity index is 2.08. The van der Waals surface area contributed by atoms with Crippen LogP contribution in [0.3, 0.4) is 0 Å². The maximum Gasteiger partial charge on any atom is 0.264 e. The third kappa shape index (κ3) is 3.86. The quantitative estimate of drug-likeness (QED) is 0.739. The van der Waals surface area contributed by atoms with E-state index < -0.39 is 5.56 Å². The number of hydrogen-bond donors (Lipinski definition) is 1. The van der Waals surface area contributed by atoms with Crippen molar-refractivity contribution in [3.63, 3.8) is 0 Å². The molecule has 0 saturated heterocycles. The average Bonchev–Trinajstić information content (AvgIpc) is 2.63. The van der Waals surface area contributed by atoms with E-state index in [9.17, 15) is 9.59 Å². The van der Waals surface area contributed by atoms with Gasteiger partial charge in [0.2, 0.25) is 0 Å². The molecule has 0 bridgehead atoms. The van der Waals surface area contributed by atoms with Gasteiger partial charge < -0.3 is 9.88 Å². The Morgan fingerprint density at radius 1 is 1.08 bits per heavy atom. The van der Waals surface area contributed by atoms with Crippen LogP contribution in [0.1, 0.15) is 27.0 Å². The van der Waals surface area contributed by atoms with E-state index in [0.717, 1.165) is 22.4 Å². The van der Waals surface area contributed by atoms with E-state index >= 15 is 0 Å². The molecule has 0 radical (unpaired) electrons. The van der Waals surface area contributed by atoms with Crippen LogP contribution < -0.4 is 10.5 Å². The number of aromatic nitrogens is 1. The smallest absolute Gasteiger partial charge is 0.264 e. The highest BCUT2D eigenvalue weighted by Crippen LogP contribution is 2.25. The first kappa shape index (κ1) is 18.0. The summed E-state index contributed by atoms with van der Waals surface area (Å²) in [7, 11) is 0. The zero-order chi connectivity index (χ0) is 18.7. The summed E-state index contributed by atoms with van der Waals surface area (Å²) in [6.07, 6.45) is 1.51. The number of pyridine rings is 1. The molecule has 3 rings (SSSR count). The number of H-pyrrole nitrogens is 1. The molecule has 0 fully saturated rings. The number of benzene rings is 2. The third-order valence-corrected chi connectivity index (χ3v) is 4.46. The second kappa shape index (κ2) is 7.58. The molecule has 1 aromatic heterocycles. The van der Waals surface area contributed by atoms with Crippen molar-refractivity contribution < 1.29 is 4.79 Å². The van der Waals surface area contributed by atoms with Crippen molar-refractivity contribution in [2.24, 2.45) is 0 Å². The minimum atomic E-state index is -0.399. The molecule has 132 valence electrons. The Kier molecular flexibility index (Phi) is 5.24. The van der Waals surface area contributed by atoms with Gasteiger partial charge in [0, 0.05) is 16.9 Å². The lowest BCUT2D eigenvalue weighted by molar-refractivity contribution is 0.0983. The predicted molar refractivity (Wildman–Crippen MR) is 105 cm³/mol. The van der Waals surface area contributed by atoms with Crippen molar-refractivity contribution in [2.45, 2.75) is 20.4 Å². The maximum atomic E-state index is 13.2. The first-order chi connectivity index (χ1) is 12.5. The molecule has 4 nitrogen and oxygen atoms in total. The van der Waals surface area contributed by atoms with Crippen LogP contribution in [0.15, 0.2) is 65.6 Å². The third-order valence-electron chi connectivity index (χ3n) is 4.20. The summed E-state index contributed by atoms with van der Waals surface area (Å²) in [5, 5.41) is 0.637. The fourth-order valence-corrected chi connectivity index (χ4v) is 2.91. The summed E-state index contributed by atoms with van der Waals surface area (Å²) in [6, 6.07) is 16.5. The van der Waals surface area contributed by atoms with E-state index in [-0.39, 0.29) is 11.5 Å². The Morgan fingerprint density at radius 3 is 2.50 bits per heavy atom. The molecular weight excluding hydrogens is 348 g/mol. The van der Waals surface area contributed by atoms with E-state index in [4.69, 9.17) is 11.6 Å². The van der Waals surface area contributed by atoms with Gasteiger partial charge in [0.25, 0.3) is 11.5 Å². The number of aromatic amines is 1. The zero-order valence-electron chi connectivity index (χ0n) is 14.6. The number of carbonyl (C=O) groups excluding carboxylic acids is 1. The molecule has 0 aliphatic carbocycles. The standard InChI is InChI=1S/C21H19ClN2O2/c1-14-5-6-15(2)19(12-14)24(13-16-7-9-17(22)10-8-16)21(26)18-4-3-11-23-20(18)25/h3-12H,13H2,1-2H3,(H,23,25). The first-order valence-electron chi connectivity index (χ1n) is 8.27. The lowest BCUT2D eigenvalue weighted by Gasteiger charge is -2.25. The molecule has 26 heavy (non-hydrogen) atoms. The summed E-state index contributed by atoms with van der Waals surface area (Å²) >= 11 is 5.96. The molecule has 0 unspecified atom stereocenters. The number of amides is 1. The average molecular weight is 367 g/mol. The molecule has 1 N–H and O–H groups in total. The summed E-state index contributed by atoms with van der Waals surface area (Å²) in [6.45, 7) is 4.27. The lowest BCUT2D eigenvalue weighted by atomic mass is 10.1. The minimum absolute atomic E-state index is 0.113. The molecular formula is C21H19ClN2O2. The Labute approximate surface area is 157 Å². The van der Waals surface area contributed by atoms with Crippen LogP contribution in [-0.4, -0.2) is 10.9 Å². The topological polar surface area (TPSA) is 53.2 Å². The Morgan fingerprint density at radius 2 is 1.81 bits per heavy atom. The molecule has 1 amide bonds. The number of hydrogen-bond acceptors (Lipinski definition) is 2. The van der Waals surface area contributed by atoms with Gasteiger partial charge in [-0.3, -0.25) is 9.59 Å². The van der Waals surface area contributed by atoms with Crippen molar-refractivity contribution >= 4 is 23.2 Å². The van der Waals surface area contributed by atoms with Gasteiger partial charge in [0.1, 0.15) is 5.56 Å². The van der Waals surface area contributed by atoms with Crippen LogP contribution in [0.2, 0.25) is 5.02 Å². The van der Waals surface area contributed by atoms with Crippen LogP contribution in [-0.2, 0) is 6.54 Å². The van der Waals surface area contributed by atoms with E-state index in [0.29, 0.717) is 11.6 Å². The Hall–Kier alpha value is -2.85. The summed E-state index contributed by atoms with van der Waals surface area (Å²) < 4.78 is 0. The number of nitrogens with zero attached hydrogens (tertiary/aromatic N) is 1. The number of aryl methyl sites for hydroxylation is 2. The van der Waals surface area contributed by atoms with E-state index in [1.165, 1.54) is 6.20 Å². The highest BCUT2D eigenvalue weighted by atomic mass is 35.5. The number of anilines is 1. The zero-order valence-corrected chi connectivity index (χ0v) is 15.4. The van der Waals surface area contributed by atoms with Gasteiger partial charge in [-0.15, -0.1) is 0 Å². The van der Waals surface area contributed by atoms with Crippen LogP contribution in [0.4, 0.5) is 5.69 Å². The van der Waals surface area contributed by atoms with Crippen molar-refractivity contribution in [1.29, 1.82) is 0 Å². The second-order valence-corrected chi connectivity index (χ2v) is 6.66. The fourth-order valence-electron chi connectivity index (χ4n) is 2.78. The van der Waals surface area contributed by atoms with Gasteiger partial charge in [-0.05, 0) is 60.9 Å². The summed E-state index contributed by atoms with van der Waals surface area (Å²) in [4.78, 5) is 29.5. The SMILES string of the molecule is Cc1ccc(C)c(N(Cc2ccc(Cl)cc2)C(=O)c2ccc[nH]c2=O)c1. The van der Waals surface area contributed by atoms with Gasteiger partial charge >= 0.3 is 0 Å². The number of carbonyl (C=O) groups is 1. The van der Waals surface area contributed by atoms with E-state index in [2.05, 4.69) is 4.98 Å². The van der Waals surface area contributed by atoms with Crippen LogP contribution >= 0.6 is 11.6 Å². The number of rotatable bonds is 4. The first-order valence-corrected chi connectivity index (χ1v) is 8.65. The molecule has 2 aromatic carbocycles. The van der Waals surface area contributed by atoms with Gasteiger partial charge in [-0.2, -0.15) is 0 Å². The van der Waals surface area contributed by atoms with Gasteiger partial charge in [0.15, 0.2) is 0 Å². The highest BCUT2D eigenvalue weighted by molar-refractivity contribution is 6.30. The van der Waals surface area contributed by atoms with Gasteiger partial charge in [-0.1, -0.05) is 35.9 Å². The molecule has 3 aromatic rings. The van der Waals surface area contributed by atoms with Crippen LogP contribution in [0.5, 0.6) is 0 Å². The summed E-state index contributed by atoms with van der Waals surface area (Å²) in [5.41, 5.74) is 3.43. The largest absolute Gasteiger partial charge is 0.328 e. The molecule has 0 aliphatic heterocycles.